The number of aryl methyl sites for hydroxylation is 1. The lowest BCUT2D eigenvalue weighted by atomic mass is 9.82. The summed E-state index contributed by atoms with van der Waals surface area (Å²) in [6, 6.07) is 12.6. The monoisotopic (exact) mass is 411 g/mol. The fraction of sp³-hybridized carbons (Fsp3) is 0.520. The molecule has 1 saturated carbocycles. The van der Waals surface area contributed by atoms with Gasteiger partial charge in [-0.1, -0.05) is 18.2 Å². The van der Waals surface area contributed by atoms with Gasteiger partial charge < -0.3 is 25.1 Å². The maximum atomic E-state index is 9.55. The molecule has 3 N–H and O–H groups in total. The fourth-order valence-corrected chi connectivity index (χ4v) is 4.95. The van der Waals surface area contributed by atoms with Gasteiger partial charge in [0.2, 0.25) is 0 Å². The minimum atomic E-state index is -0.396. The standard InChI is InChI=1S/C25H33NO4/c1-28-23-8-7-22(13-24(23)29-2)30-15-17-3-4-19-12-20(6-5-18(19)11-17)21-9-10-25(26,14-21)16-27/h5-8,12-13,17,21,27H,3-4,9-11,14-16,26H2,1-2H3/t17-,21+,25-/m1/s1. The second kappa shape index (κ2) is 8.86. The Morgan fingerprint density at radius 3 is 2.60 bits per heavy atom. The summed E-state index contributed by atoms with van der Waals surface area (Å²) in [7, 11) is 3.27. The van der Waals surface area contributed by atoms with Crippen molar-refractivity contribution in [3.63, 3.8) is 0 Å². The van der Waals surface area contributed by atoms with Gasteiger partial charge in [-0.3, -0.25) is 0 Å². The van der Waals surface area contributed by atoms with E-state index in [4.69, 9.17) is 19.9 Å². The van der Waals surface area contributed by atoms with Crippen LogP contribution in [0.2, 0.25) is 0 Å². The Labute approximate surface area is 179 Å². The van der Waals surface area contributed by atoms with Crippen molar-refractivity contribution in [3.8, 4) is 17.2 Å². The summed E-state index contributed by atoms with van der Waals surface area (Å²) in [5.74, 6) is 3.18. The van der Waals surface area contributed by atoms with Gasteiger partial charge in [0.15, 0.2) is 11.5 Å². The lowest BCUT2D eigenvalue weighted by Crippen LogP contribution is -2.40. The van der Waals surface area contributed by atoms with Gasteiger partial charge in [0, 0.05) is 11.6 Å². The first-order valence-corrected chi connectivity index (χ1v) is 10.9. The van der Waals surface area contributed by atoms with E-state index < -0.39 is 5.54 Å². The summed E-state index contributed by atoms with van der Waals surface area (Å²) in [4.78, 5) is 0. The van der Waals surface area contributed by atoms with Crippen LogP contribution in [0.1, 0.15) is 48.3 Å². The molecule has 0 heterocycles. The number of methoxy groups -OCH3 is 2. The topological polar surface area (TPSA) is 73.9 Å². The van der Waals surface area contributed by atoms with Crippen molar-refractivity contribution in [1.82, 2.24) is 0 Å². The molecule has 0 bridgehead atoms. The van der Waals surface area contributed by atoms with Crippen LogP contribution >= 0.6 is 0 Å². The van der Waals surface area contributed by atoms with E-state index in [2.05, 4.69) is 18.2 Å². The fourth-order valence-electron chi connectivity index (χ4n) is 4.95. The molecule has 4 rings (SSSR count). The summed E-state index contributed by atoms with van der Waals surface area (Å²) in [6.45, 7) is 0.779. The van der Waals surface area contributed by atoms with Crippen LogP contribution in [-0.2, 0) is 12.8 Å². The molecule has 0 aromatic heterocycles. The summed E-state index contributed by atoms with van der Waals surface area (Å²) < 4.78 is 16.7. The molecule has 2 aromatic rings. The number of hydrogen-bond donors (Lipinski definition) is 2. The predicted octanol–water partition coefficient (Wildman–Crippen LogP) is 3.85. The lowest BCUT2D eigenvalue weighted by Gasteiger charge is -2.26. The van der Waals surface area contributed by atoms with Crippen LogP contribution in [0.5, 0.6) is 17.2 Å². The predicted molar refractivity (Wildman–Crippen MR) is 118 cm³/mol. The Bertz CT molecular complexity index is 883. The van der Waals surface area contributed by atoms with Gasteiger partial charge in [-0.2, -0.15) is 0 Å². The SMILES string of the molecule is COc1ccc(OC[C@@H]2CCc3cc([C@H]4CC[C@](N)(CO)C4)ccc3C2)cc1OC. The summed E-state index contributed by atoms with van der Waals surface area (Å²) in [5, 5.41) is 9.55. The van der Waals surface area contributed by atoms with Gasteiger partial charge in [0.05, 0.1) is 27.4 Å². The van der Waals surface area contributed by atoms with Crippen LogP contribution in [0.15, 0.2) is 36.4 Å². The van der Waals surface area contributed by atoms with Gasteiger partial charge in [-0.25, -0.2) is 0 Å². The van der Waals surface area contributed by atoms with Crippen LogP contribution in [0.4, 0.5) is 0 Å². The highest BCUT2D eigenvalue weighted by molar-refractivity contribution is 5.45. The van der Waals surface area contributed by atoms with Gasteiger partial charge >= 0.3 is 0 Å². The number of ether oxygens (including phenoxy) is 3. The van der Waals surface area contributed by atoms with Crippen molar-refractivity contribution >= 4 is 0 Å². The highest BCUT2D eigenvalue weighted by Crippen LogP contribution is 2.40. The number of hydrogen-bond acceptors (Lipinski definition) is 5. The first-order chi connectivity index (χ1) is 14.5. The van der Waals surface area contributed by atoms with Crippen molar-refractivity contribution in [2.24, 2.45) is 11.7 Å². The minimum absolute atomic E-state index is 0.0796. The van der Waals surface area contributed by atoms with Crippen LogP contribution in [0.3, 0.4) is 0 Å². The molecule has 2 aromatic carbocycles. The summed E-state index contributed by atoms with van der Waals surface area (Å²) in [6.07, 6.45) is 6.11. The molecule has 30 heavy (non-hydrogen) atoms. The molecule has 3 atom stereocenters. The molecule has 1 fully saturated rings. The molecule has 0 amide bonds. The zero-order chi connectivity index (χ0) is 21.1. The number of benzene rings is 2. The second-order valence-corrected chi connectivity index (χ2v) is 8.92. The molecule has 5 heteroatoms. The number of aliphatic hydroxyl groups excluding tert-OH is 1. The van der Waals surface area contributed by atoms with Crippen molar-refractivity contribution in [2.45, 2.75) is 50.0 Å². The number of nitrogens with two attached hydrogens (primary N) is 1. The average Bonchev–Trinajstić information content (AvgIpc) is 3.19. The number of rotatable bonds is 7. The second-order valence-electron chi connectivity index (χ2n) is 8.92. The normalized spacial score (nSPS) is 25.6. The molecule has 0 radical (unpaired) electrons. The van der Waals surface area contributed by atoms with Crippen LogP contribution < -0.4 is 19.9 Å². The molecule has 5 nitrogen and oxygen atoms in total. The smallest absolute Gasteiger partial charge is 0.164 e. The Kier molecular flexibility index (Phi) is 6.21. The van der Waals surface area contributed by atoms with Crippen LogP contribution in [0, 0.1) is 5.92 Å². The van der Waals surface area contributed by atoms with Crippen molar-refractivity contribution in [3.05, 3.63) is 53.1 Å². The van der Waals surface area contributed by atoms with E-state index in [9.17, 15) is 5.11 Å². The third kappa shape index (κ3) is 4.42. The van der Waals surface area contributed by atoms with Gasteiger partial charge in [-0.05, 0) is 79.2 Å². The number of fused-ring (bicyclic) bond motifs is 1. The third-order valence-electron chi connectivity index (χ3n) is 6.83. The lowest BCUT2D eigenvalue weighted by molar-refractivity contribution is 0.198. The highest BCUT2D eigenvalue weighted by atomic mass is 16.5. The average molecular weight is 412 g/mol. The molecule has 0 unspecified atom stereocenters. The maximum Gasteiger partial charge on any atom is 0.164 e. The van der Waals surface area contributed by atoms with Crippen molar-refractivity contribution < 1.29 is 19.3 Å². The van der Waals surface area contributed by atoms with Crippen molar-refractivity contribution in [1.29, 1.82) is 0 Å². The Morgan fingerprint density at radius 2 is 1.87 bits per heavy atom. The minimum Gasteiger partial charge on any atom is -0.493 e. The molecular weight excluding hydrogens is 378 g/mol. The van der Waals surface area contributed by atoms with Gasteiger partial charge in [0.1, 0.15) is 5.75 Å². The van der Waals surface area contributed by atoms with E-state index in [0.717, 1.165) is 44.3 Å². The van der Waals surface area contributed by atoms with Crippen molar-refractivity contribution in [2.75, 3.05) is 27.4 Å². The molecule has 0 aliphatic heterocycles. The van der Waals surface area contributed by atoms with Crippen LogP contribution in [-0.4, -0.2) is 38.1 Å². The zero-order valence-electron chi connectivity index (χ0n) is 18.0. The Balaban J connectivity index is 1.36. The van der Waals surface area contributed by atoms with Gasteiger partial charge in [-0.15, -0.1) is 0 Å². The number of aliphatic hydroxyl groups is 1. The molecule has 162 valence electrons. The maximum absolute atomic E-state index is 9.55. The van der Waals surface area contributed by atoms with E-state index in [1.54, 1.807) is 14.2 Å². The summed E-state index contributed by atoms with van der Waals surface area (Å²) >= 11 is 0. The molecule has 2 aliphatic carbocycles. The highest BCUT2D eigenvalue weighted by Gasteiger charge is 2.36. The first kappa shape index (κ1) is 21.0. The van der Waals surface area contributed by atoms with E-state index in [-0.39, 0.29) is 6.61 Å². The molecule has 0 spiro atoms. The Hall–Kier alpha value is -2.24. The van der Waals surface area contributed by atoms with E-state index in [1.165, 1.54) is 16.7 Å². The Morgan fingerprint density at radius 1 is 1.03 bits per heavy atom. The molecule has 2 aliphatic rings. The van der Waals surface area contributed by atoms with E-state index >= 15 is 0 Å². The zero-order valence-corrected chi connectivity index (χ0v) is 18.0. The van der Waals surface area contributed by atoms with Gasteiger partial charge in [0.25, 0.3) is 0 Å². The first-order valence-electron chi connectivity index (χ1n) is 10.9. The largest absolute Gasteiger partial charge is 0.493 e. The summed E-state index contributed by atoms with van der Waals surface area (Å²) in [5.41, 5.74) is 10.2. The third-order valence-corrected chi connectivity index (χ3v) is 6.83. The van der Waals surface area contributed by atoms with E-state index in [1.807, 2.05) is 18.2 Å². The van der Waals surface area contributed by atoms with E-state index in [0.29, 0.717) is 29.9 Å². The molecule has 0 saturated heterocycles. The molecular formula is C25H33NO4. The quantitative estimate of drug-likeness (QED) is 0.724. The van der Waals surface area contributed by atoms with Crippen LogP contribution in [0.25, 0.3) is 0 Å².